The Morgan fingerprint density at radius 3 is 2.35 bits per heavy atom. The first-order valence-corrected chi connectivity index (χ1v) is 5.88. The molecule has 100 valence electrons. The van der Waals surface area contributed by atoms with Gasteiger partial charge in [-0.2, -0.15) is 5.10 Å². The highest BCUT2D eigenvalue weighted by Crippen LogP contribution is 2.35. The van der Waals surface area contributed by atoms with Crippen LogP contribution >= 0.6 is 0 Å². The molecular weight excluding hydrogens is 262 g/mol. The fourth-order valence-electron chi connectivity index (χ4n) is 2.04. The van der Waals surface area contributed by atoms with Crippen molar-refractivity contribution in [3.8, 4) is 22.5 Å². The van der Waals surface area contributed by atoms with Gasteiger partial charge in [0.25, 0.3) is 0 Å². The largest absolute Gasteiger partial charge is 0.382 e. The molecule has 2 aromatic heterocycles. The molecule has 4 nitrogen and oxygen atoms in total. The van der Waals surface area contributed by atoms with Gasteiger partial charge in [0.15, 0.2) is 5.82 Å². The third-order valence-electron chi connectivity index (χ3n) is 2.93. The molecule has 0 saturated heterocycles. The van der Waals surface area contributed by atoms with E-state index in [0.29, 0.717) is 11.3 Å². The van der Waals surface area contributed by atoms with Gasteiger partial charge in [0, 0.05) is 6.20 Å². The van der Waals surface area contributed by atoms with E-state index in [9.17, 15) is 8.78 Å². The maximum atomic E-state index is 13.9. The van der Waals surface area contributed by atoms with Crippen LogP contribution in [0, 0.1) is 11.6 Å². The third-order valence-corrected chi connectivity index (χ3v) is 2.93. The summed E-state index contributed by atoms with van der Waals surface area (Å²) in [4.78, 5) is 4.14. The van der Waals surface area contributed by atoms with Gasteiger partial charge in [0.2, 0.25) is 0 Å². The highest BCUT2D eigenvalue weighted by Gasteiger charge is 2.21. The van der Waals surface area contributed by atoms with Crippen molar-refractivity contribution >= 4 is 5.82 Å². The first kappa shape index (κ1) is 12.3. The van der Waals surface area contributed by atoms with Gasteiger partial charge in [-0.3, -0.25) is 10.1 Å². The molecule has 0 fully saturated rings. The minimum atomic E-state index is -0.689. The average Bonchev–Trinajstić information content (AvgIpc) is 2.81. The Kier molecular flexibility index (Phi) is 2.90. The number of nitrogen functional groups attached to an aromatic ring is 1. The number of hydrogen-bond donors (Lipinski definition) is 2. The number of aromatic amines is 1. The Balaban J connectivity index is 2.27. The summed E-state index contributed by atoms with van der Waals surface area (Å²) in [6.07, 6.45) is 1.57. The minimum Gasteiger partial charge on any atom is -0.382 e. The van der Waals surface area contributed by atoms with Crippen molar-refractivity contribution in [2.45, 2.75) is 0 Å². The van der Waals surface area contributed by atoms with Crippen LogP contribution in [0.3, 0.4) is 0 Å². The van der Waals surface area contributed by atoms with Gasteiger partial charge in [-0.05, 0) is 24.3 Å². The molecule has 3 rings (SSSR count). The lowest BCUT2D eigenvalue weighted by atomic mass is 10.0. The number of rotatable bonds is 2. The summed E-state index contributed by atoms with van der Waals surface area (Å²) in [5.74, 6) is -1.24. The summed E-state index contributed by atoms with van der Waals surface area (Å²) in [5.41, 5.74) is 6.64. The van der Waals surface area contributed by atoms with Gasteiger partial charge in [0.05, 0.1) is 22.5 Å². The maximum Gasteiger partial charge on any atom is 0.155 e. The molecule has 0 spiro atoms. The van der Waals surface area contributed by atoms with Crippen LogP contribution in [0.4, 0.5) is 14.6 Å². The van der Waals surface area contributed by atoms with E-state index in [1.807, 2.05) is 0 Å². The monoisotopic (exact) mass is 272 g/mol. The lowest BCUT2D eigenvalue weighted by molar-refractivity contribution is 0.588. The summed E-state index contributed by atoms with van der Waals surface area (Å²) >= 11 is 0. The van der Waals surface area contributed by atoms with Crippen LogP contribution in [0.2, 0.25) is 0 Å². The summed E-state index contributed by atoms with van der Waals surface area (Å²) < 4.78 is 27.8. The fraction of sp³-hybridized carbons (Fsp3) is 0. The van der Waals surface area contributed by atoms with Gasteiger partial charge in [-0.25, -0.2) is 8.78 Å². The Morgan fingerprint density at radius 1 is 0.950 bits per heavy atom. The standard InChI is InChI=1S/C14H10F2N4/c15-8-4-3-5-9(16)11(8)13-12(14(17)20-19-13)10-6-1-2-7-18-10/h1-7H,(H3,17,19,20). The number of H-pyrrole nitrogens is 1. The van der Waals surface area contributed by atoms with E-state index in [1.165, 1.54) is 18.2 Å². The van der Waals surface area contributed by atoms with Crippen LogP contribution in [0.15, 0.2) is 42.6 Å². The number of pyridine rings is 1. The number of anilines is 1. The molecule has 0 amide bonds. The van der Waals surface area contributed by atoms with Crippen molar-refractivity contribution < 1.29 is 8.78 Å². The number of aromatic nitrogens is 3. The number of hydrogen-bond acceptors (Lipinski definition) is 3. The van der Waals surface area contributed by atoms with Gasteiger partial charge in [0.1, 0.15) is 11.6 Å². The molecule has 0 atom stereocenters. The summed E-state index contributed by atoms with van der Waals surface area (Å²) in [6, 6.07) is 8.85. The van der Waals surface area contributed by atoms with E-state index < -0.39 is 11.6 Å². The first-order valence-electron chi connectivity index (χ1n) is 5.88. The van der Waals surface area contributed by atoms with E-state index in [2.05, 4.69) is 15.2 Å². The molecule has 0 saturated carbocycles. The molecule has 3 aromatic rings. The van der Waals surface area contributed by atoms with Crippen LogP contribution in [0.25, 0.3) is 22.5 Å². The van der Waals surface area contributed by atoms with E-state index in [4.69, 9.17) is 5.73 Å². The Labute approximate surface area is 113 Å². The van der Waals surface area contributed by atoms with Gasteiger partial charge in [-0.15, -0.1) is 0 Å². The van der Waals surface area contributed by atoms with Crippen molar-refractivity contribution in [3.63, 3.8) is 0 Å². The predicted molar refractivity (Wildman–Crippen MR) is 71.6 cm³/mol. The number of nitrogens with two attached hydrogens (primary N) is 1. The van der Waals surface area contributed by atoms with Crippen LogP contribution in [-0.4, -0.2) is 15.2 Å². The number of nitrogens with zero attached hydrogens (tertiary/aromatic N) is 2. The second-order valence-electron chi connectivity index (χ2n) is 4.17. The normalized spacial score (nSPS) is 10.7. The number of halogens is 2. The molecule has 0 bridgehead atoms. The minimum absolute atomic E-state index is 0.140. The van der Waals surface area contributed by atoms with Crippen molar-refractivity contribution in [2.24, 2.45) is 0 Å². The van der Waals surface area contributed by atoms with Crippen molar-refractivity contribution in [2.75, 3.05) is 5.73 Å². The Bertz CT molecular complexity index is 733. The van der Waals surface area contributed by atoms with Gasteiger partial charge in [-0.1, -0.05) is 12.1 Å². The molecule has 0 unspecified atom stereocenters. The fourth-order valence-corrected chi connectivity index (χ4v) is 2.04. The highest BCUT2D eigenvalue weighted by molar-refractivity contribution is 5.86. The van der Waals surface area contributed by atoms with E-state index >= 15 is 0 Å². The predicted octanol–water partition coefficient (Wildman–Crippen LogP) is 3.00. The molecule has 3 N–H and O–H groups in total. The Morgan fingerprint density at radius 2 is 1.70 bits per heavy atom. The van der Waals surface area contributed by atoms with Crippen molar-refractivity contribution in [1.82, 2.24) is 15.2 Å². The van der Waals surface area contributed by atoms with Gasteiger partial charge < -0.3 is 5.73 Å². The second kappa shape index (κ2) is 4.73. The summed E-state index contributed by atoms with van der Waals surface area (Å²) in [7, 11) is 0. The first-order chi connectivity index (χ1) is 9.68. The molecule has 20 heavy (non-hydrogen) atoms. The molecule has 0 aliphatic heterocycles. The maximum absolute atomic E-state index is 13.9. The van der Waals surface area contributed by atoms with Crippen LogP contribution in [-0.2, 0) is 0 Å². The summed E-state index contributed by atoms with van der Waals surface area (Å²) in [5, 5.41) is 6.41. The lowest BCUT2D eigenvalue weighted by Gasteiger charge is -2.06. The topological polar surface area (TPSA) is 67.6 Å². The smallest absolute Gasteiger partial charge is 0.155 e. The zero-order valence-corrected chi connectivity index (χ0v) is 10.3. The van der Waals surface area contributed by atoms with Crippen LogP contribution in [0.1, 0.15) is 0 Å². The average molecular weight is 272 g/mol. The van der Waals surface area contributed by atoms with Crippen molar-refractivity contribution in [3.05, 3.63) is 54.2 Å². The lowest BCUT2D eigenvalue weighted by Crippen LogP contribution is -1.94. The SMILES string of the molecule is Nc1n[nH]c(-c2c(F)cccc2F)c1-c1ccccn1. The molecule has 0 aliphatic carbocycles. The number of nitrogens with one attached hydrogen (secondary N) is 1. The molecule has 0 radical (unpaired) electrons. The van der Waals surface area contributed by atoms with Gasteiger partial charge >= 0.3 is 0 Å². The van der Waals surface area contributed by atoms with E-state index in [-0.39, 0.29) is 17.1 Å². The highest BCUT2D eigenvalue weighted by atomic mass is 19.1. The molecule has 0 aliphatic rings. The zero-order chi connectivity index (χ0) is 14.1. The van der Waals surface area contributed by atoms with E-state index in [1.54, 1.807) is 24.4 Å². The molecule has 6 heteroatoms. The molecular formula is C14H10F2N4. The van der Waals surface area contributed by atoms with Crippen molar-refractivity contribution in [1.29, 1.82) is 0 Å². The quantitative estimate of drug-likeness (QED) is 0.753. The van der Waals surface area contributed by atoms with Crippen LogP contribution < -0.4 is 5.73 Å². The second-order valence-corrected chi connectivity index (χ2v) is 4.17. The molecule has 1 aromatic carbocycles. The third kappa shape index (κ3) is 1.91. The van der Waals surface area contributed by atoms with E-state index in [0.717, 1.165) is 0 Å². The molecule has 2 heterocycles. The van der Waals surface area contributed by atoms with Crippen LogP contribution in [0.5, 0.6) is 0 Å². The summed E-state index contributed by atoms with van der Waals surface area (Å²) in [6.45, 7) is 0. The zero-order valence-electron chi connectivity index (χ0n) is 10.3. The Hall–Kier alpha value is -2.76. The number of benzene rings is 1.